The summed E-state index contributed by atoms with van der Waals surface area (Å²) in [6.07, 6.45) is 0. The Bertz CT molecular complexity index is 1480. The van der Waals surface area contributed by atoms with Crippen LogP contribution in [0.15, 0.2) is 140 Å². The summed E-state index contributed by atoms with van der Waals surface area (Å²) in [5.41, 5.74) is 5.47. The number of rotatable bonds is 7. The average molecular weight is 483 g/mol. The molecule has 0 aliphatic carbocycles. The number of amides is 2. The summed E-state index contributed by atoms with van der Waals surface area (Å²) in [6, 6.07) is 44.0. The summed E-state index contributed by atoms with van der Waals surface area (Å²) in [5, 5.41) is 2.97. The van der Waals surface area contributed by atoms with Gasteiger partial charge in [0, 0.05) is 22.5 Å². The first kappa shape index (κ1) is 23.8. The largest absolute Gasteiger partial charge is 0.322 e. The minimum absolute atomic E-state index is 0.109. The van der Waals surface area contributed by atoms with Crippen molar-refractivity contribution in [3.63, 3.8) is 0 Å². The van der Waals surface area contributed by atoms with Gasteiger partial charge in [-0.25, -0.2) is 0 Å². The molecule has 0 saturated heterocycles. The Morgan fingerprint density at radius 1 is 0.595 bits per heavy atom. The number of carbonyl (C=O) groups excluding carboxylic acids is 2. The van der Waals surface area contributed by atoms with Crippen molar-refractivity contribution in [2.75, 3.05) is 10.2 Å². The van der Waals surface area contributed by atoms with E-state index in [-0.39, 0.29) is 11.8 Å². The van der Waals surface area contributed by atoms with Crippen molar-refractivity contribution in [3.05, 3.63) is 156 Å². The Morgan fingerprint density at radius 3 is 1.84 bits per heavy atom. The molecule has 0 unspecified atom stereocenters. The van der Waals surface area contributed by atoms with Gasteiger partial charge in [-0.2, -0.15) is 0 Å². The van der Waals surface area contributed by atoms with E-state index in [4.69, 9.17) is 0 Å². The molecule has 0 atom stereocenters. The van der Waals surface area contributed by atoms with Crippen molar-refractivity contribution in [1.29, 1.82) is 0 Å². The molecule has 0 fully saturated rings. The van der Waals surface area contributed by atoms with Crippen molar-refractivity contribution in [1.82, 2.24) is 0 Å². The third-order valence-corrected chi connectivity index (χ3v) is 6.14. The van der Waals surface area contributed by atoms with Gasteiger partial charge in [0.05, 0.1) is 6.54 Å². The van der Waals surface area contributed by atoms with E-state index in [2.05, 4.69) is 5.32 Å². The van der Waals surface area contributed by atoms with Crippen LogP contribution in [0.3, 0.4) is 0 Å². The smallest absolute Gasteiger partial charge is 0.258 e. The third-order valence-electron chi connectivity index (χ3n) is 6.14. The highest BCUT2D eigenvalue weighted by atomic mass is 16.2. The number of hydrogen-bond donors (Lipinski definition) is 1. The maximum Gasteiger partial charge on any atom is 0.258 e. The van der Waals surface area contributed by atoms with E-state index in [9.17, 15) is 9.59 Å². The highest BCUT2D eigenvalue weighted by molar-refractivity contribution is 6.09. The summed E-state index contributed by atoms with van der Waals surface area (Å²) >= 11 is 0. The van der Waals surface area contributed by atoms with Crippen LogP contribution in [0.1, 0.15) is 26.3 Å². The van der Waals surface area contributed by atoms with Gasteiger partial charge in [-0.15, -0.1) is 0 Å². The maximum atomic E-state index is 13.5. The van der Waals surface area contributed by atoms with Crippen LogP contribution in [0.25, 0.3) is 11.1 Å². The van der Waals surface area contributed by atoms with Crippen LogP contribution in [0.5, 0.6) is 0 Å². The van der Waals surface area contributed by atoms with Crippen LogP contribution in [0.2, 0.25) is 0 Å². The van der Waals surface area contributed by atoms with Crippen molar-refractivity contribution >= 4 is 23.2 Å². The third kappa shape index (κ3) is 5.65. The van der Waals surface area contributed by atoms with Crippen LogP contribution in [0, 0.1) is 0 Å². The number of nitrogens with one attached hydrogen (secondary N) is 1. The molecule has 5 aromatic carbocycles. The molecule has 4 heteroatoms. The number of nitrogens with zero attached hydrogens (tertiary/aromatic N) is 1. The zero-order valence-corrected chi connectivity index (χ0v) is 20.2. The molecule has 1 N–H and O–H groups in total. The average Bonchev–Trinajstić information content (AvgIpc) is 2.97. The Balaban J connectivity index is 1.35. The van der Waals surface area contributed by atoms with E-state index in [0.717, 1.165) is 22.4 Å². The number of carbonyl (C=O) groups is 2. The zero-order chi connectivity index (χ0) is 25.5. The molecule has 0 heterocycles. The standard InChI is InChI=1S/C33H26N2O2/c36-32(31-19-11-10-18-30(31)26-14-6-2-7-15-26)34-28-22-20-27(21-23-28)33(37)35(29-16-8-3-9-17-29)24-25-12-4-1-5-13-25/h1-23H,24H2,(H,34,36). The highest BCUT2D eigenvalue weighted by Gasteiger charge is 2.19. The quantitative estimate of drug-likeness (QED) is 0.262. The lowest BCUT2D eigenvalue weighted by Crippen LogP contribution is -2.30. The fraction of sp³-hybridized carbons (Fsp3) is 0.0303. The molecule has 0 aliphatic heterocycles. The molecule has 180 valence electrons. The maximum absolute atomic E-state index is 13.5. The van der Waals surface area contributed by atoms with Gasteiger partial charge < -0.3 is 10.2 Å². The number of anilines is 2. The van der Waals surface area contributed by atoms with Crippen LogP contribution in [0.4, 0.5) is 11.4 Å². The number of para-hydroxylation sites is 1. The molecule has 37 heavy (non-hydrogen) atoms. The fourth-order valence-electron chi connectivity index (χ4n) is 4.26. The molecule has 0 bridgehead atoms. The van der Waals surface area contributed by atoms with Gasteiger partial charge in [-0.3, -0.25) is 9.59 Å². The van der Waals surface area contributed by atoms with Crippen LogP contribution >= 0.6 is 0 Å². The van der Waals surface area contributed by atoms with Crippen molar-refractivity contribution in [2.45, 2.75) is 6.54 Å². The number of benzene rings is 5. The number of hydrogen-bond acceptors (Lipinski definition) is 2. The fourth-order valence-corrected chi connectivity index (χ4v) is 4.26. The van der Waals surface area contributed by atoms with Crippen LogP contribution in [-0.4, -0.2) is 11.8 Å². The molecule has 0 spiro atoms. The highest BCUT2D eigenvalue weighted by Crippen LogP contribution is 2.25. The second-order valence-corrected chi connectivity index (χ2v) is 8.66. The Morgan fingerprint density at radius 2 is 1.16 bits per heavy atom. The van der Waals surface area contributed by atoms with Crippen LogP contribution in [-0.2, 0) is 6.54 Å². The Kier molecular flexibility index (Phi) is 7.19. The van der Waals surface area contributed by atoms with E-state index in [0.29, 0.717) is 23.4 Å². The lowest BCUT2D eigenvalue weighted by molar-refractivity contribution is 0.0984. The predicted molar refractivity (Wildman–Crippen MR) is 150 cm³/mol. The minimum Gasteiger partial charge on any atom is -0.322 e. The van der Waals surface area contributed by atoms with E-state index in [1.54, 1.807) is 29.2 Å². The second-order valence-electron chi connectivity index (χ2n) is 8.66. The Hall–Kier alpha value is -4.96. The van der Waals surface area contributed by atoms with Gasteiger partial charge in [0.25, 0.3) is 11.8 Å². The summed E-state index contributed by atoms with van der Waals surface area (Å²) in [5.74, 6) is -0.309. The monoisotopic (exact) mass is 482 g/mol. The van der Waals surface area contributed by atoms with Gasteiger partial charge in [0.1, 0.15) is 0 Å². The summed E-state index contributed by atoms with van der Waals surface area (Å²) in [4.78, 5) is 28.4. The molecule has 0 saturated carbocycles. The SMILES string of the molecule is O=C(Nc1ccc(C(=O)N(Cc2ccccc2)c2ccccc2)cc1)c1ccccc1-c1ccccc1. The zero-order valence-electron chi connectivity index (χ0n) is 20.2. The van der Waals surface area contributed by atoms with Gasteiger partial charge in [-0.1, -0.05) is 97.1 Å². The molecule has 0 radical (unpaired) electrons. The van der Waals surface area contributed by atoms with Gasteiger partial charge in [0.2, 0.25) is 0 Å². The summed E-state index contributed by atoms with van der Waals surface area (Å²) < 4.78 is 0. The van der Waals surface area contributed by atoms with E-state index in [1.807, 2.05) is 115 Å². The van der Waals surface area contributed by atoms with Crippen LogP contribution < -0.4 is 10.2 Å². The topological polar surface area (TPSA) is 49.4 Å². The van der Waals surface area contributed by atoms with E-state index in [1.165, 1.54) is 0 Å². The second kappa shape index (κ2) is 11.2. The molecular weight excluding hydrogens is 456 g/mol. The lowest BCUT2D eigenvalue weighted by atomic mass is 9.99. The molecule has 5 aromatic rings. The summed E-state index contributed by atoms with van der Waals surface area (Å²) in [6.45, 7) is 0.457. The predicted octanol–water partition coefficient (Wildman–Crippen LogP) is 7.45. The summed E-state index contributed by atoms with van der Waals surface area (Å²) in [7, 11) is 0. The van der Waals surface area contributed by atoms with Crippen molar-refractivity contribution in [3.8, 4) is 11.1 Å². The van der Waals surface area contributed by atoms with Crippen molar-refractivity contribution < 1.29 is 9.59 Å². The first-order valence-corrected chi connectivity index (χ1v) is 12.2. The Labute approximate surface area is 216 Å². The molecule has 0 aliphatic rings. The normalized spacial score (nSPS) is 10.5. The van der Waals surface area contributed by atoms with Crippen molar-refractivity contribution in [2.24, 2.45) is 0 Å². The van der Waals surface area contributed by atoms with E-state index >= 15 is 0 Å². The first-order chi connectivity index (χ1) is 18.2. The minimum atomic E-state index is -0.200. The molecule has 4 nitrogen and oxygen atoms in total. The van der Waals surface area contributed by atoms with Gasteiger partial charge >= 0.3 is 0 Å². The lowest BCUT2D eigenvalue weighted by Gasteiger charge is -2.23. The molecule has 0 aromatic heterocycles. The first-order valence-electron chi connectivity index (χ1n) is 12.2. The van der Waals surface area contributed by atoms with Gasteiger partial charge in [-0.05, 0) is 59.2 Å². The molecular formula is C33H26N2O2. The molecule has 5 rings (SSSR count). The van der Waals surface area contributed by atoms with E-state index < -0.39 is 0 Å². The molecule has 2 amide bonds. The van der Waals surface area contributed by atoms with Gasteiger partial charge in [0.15, 0.2) is 0 Å².